The molecule has 4 nitrogen and oxygen atoms in total. The van der Waals surface area contributed by atoms with Crippen molar-refractivity contribution in [1.29, 1.82) is 0 Å². The van der Waals surface area contributed by atoms with Crippen LogP contribution in [-0.2, 0) is 6.54 Å². The molecule has 0 bridgehead atoms. The first-order valence-corrected chi connectivity index (χ1v) is 11.6. The highest BCUT2D eigenvalue weighted by molar-refractivity contribution is 5.76. The number of imidazole rings is 1. The average Bonchev–Trinajstić information content (AvgIpc) is 3.10. The molecule has 2 aromatic heterocycles. The van der Waals surface area contributed by atoms with Crippen molar-refractivity contribution in [3.8, 4) is 11.3 Å². The lowest BCUT2D eigenvalue weighted by atomic mass is 10.0. The van der Waals surface area contributed by atoms with Gasteiger partial charge in [0.05, 0.1) is 11.4 Å². The predicted octanol–water partition coefficient (Wildman–Crippen LogP) is 5.69. The Morgan fingerprint density at radius 2 is 1.78 bits per heavy atom. The maximum atomic E-state index is 5.09. The molecule has 0 amide bonds. The molecule has 0 spiro atoms. The van der Waals surface area contributed by atoms with Crippen molar-refractivity contribution in [2.45, 2.75) is 32.7 Å². The van der Waals surface area contributed by atoms with E-state index >= 15 is 0 Å². The fraction of sp³-hybridized carbons (Fsp3) is 0.321. The van der Waals surface area contributed by atoms with E-state index in [2.05, 4.69) is 95.6 Å². The first-order valence-electron chi connectivity index (χ1n) is 11.6. The lowest BCUT2D eigenvalue weighted by molar-refractivity contribution is 0.268. The summed E-state index contributed by atoms with van der Waals surface area (Å²) in [4.78, 5) is 9.92. The molecule has 1 aromatic carbocycles. The van der Waals surface area contributed by atoms with E-state index in [9.17, 15) is 0 Å². The van der Waals surface area contributed by atoms with E-state index in [1.54, 1.807) is 0 Å². The Hall–Kier alpha value is -3.11. The molecular weight excluding hydrogens is 392 g/mol. The molecular formula is C28H32N4. The van der Waals surface area contributed by atoms with Gasteiger partial charge in [-0.3, -0.25) is 4.90 Å². The Morgan fingerprint density at radius 1 is 0.969 bits per heavy atom. The highest BCUT2D eigenvalue weighted by Gasteiger charge is 2.20. The molecule has 0 saturated carbocycles. The average molecular weight is 425 g/mol. The van der Waals surface area contributed by atoms with Crippen LogP contribution in [0.15, 0.2) is 73.1 Å². The number of hydrogen-bond acceptors (Lipinski definition) is 3. The molecule has 3 aromatic rings. The van der Waals surface area contributed by atoms with Crippen LogP contribution in [0.5, 0.6) is 0 Å². The standard InChI is InChI=1S/C28H32N4/c1-21-9-11-24(12-10-21)28-26(20-31-16-15-22(2)30(3)17-18-31)32-19-25(13-14-27(32)29-28)23-7-5-4-6-8-23/h5,7-14,19H,2,4,6,15-18,20H2,1,3H3. The third kappa shape index (κ3) is 4.15. The third-order valence-electron chi connectivity index (χ3n) is 6.75. The molecule has 1 fully saturated rings. The van der Waals surface area contributed by atoms with E-state index in [0.29, 0.717) is 0 Å². The van der Waals surface area contributed by atoms with E-state index in [4.69, 9.17) is 4.98 Å². The number of pyridine rings is 1. The van der Waals surface area contributed by atoms with Gasteiger partial charge in [-0.1, -0.05) is 54.6 Å². The Bertz CT molecular complexity index is 1200. The fourth-order valence-corrected chi connectivity index (χ4v) is 4.59. The van der Waals surface area contributed by atoms with Gasteiger partial charge in [0.1, 0.15) is 5.65 Å². The molecule has 0 atom stereocenters. The summed E-state index contributed by atoms with van der Waals surface area (Å²) in [5.74, 6) is 0. The largest absolute Gasteiger partial charge is 0.377 e. The van der Waals surface area contributed by atoms with Crippen molar-refractivity contribution in [1.82, 2.24) is 19.2 Å². The van der Waals surface area contributed by atoms with E-state index < -0.39 is 0 Å². The van der Waals surface area contributed by atoms with Crippen LogP contribution in [0, 0.1) is 6.92 Å². The molecule has 2 aliphatic rings. The molecule has 0 radical (unpaired) electrons. The van der Waals surface area contributed by atoms with Crippen molar-refractivity contribution in [2.75, 3.05) is 26.7 Å². The van der Waals surface area contributed by atoms with Crippen molar-refractivity contribution in [3.63, 3.8) is 0 Å². The first kappa shape index (κ1) is 20.8. The minimum Gasteiger partial charge on any atom is -0.377 e. The zero-order chi connectivity index (χ0) is 22.1. The van der Waals surface area contributed by atoms with Crippen molar-refractivity contribution < 1.29 is 0 Å². The van der Waals surface area contributed by atoms with Crippen LogP contribution in [0.2, 0.25) is 0 Å². The molecule has 4 heteroatoms. The molecule has 1 saturated heterocycles. The second kappa shape index (κ2) is 8.79. The van der Waals surface area contributed by atoms with Crippen LogP contribution in [-0.4, -0.2) is 45.9 Å². The first-order chi connectivity index (χ1) is 15.6. The highest BCUT2D eigenvalue weighted by atomic mass is 15.2. The predicted molar refractivity (Wildman–Crippen MR) is 133 cm³/mol. The molecule has 0 unspecified atom stereocenters. The number of fused-ring (bicyclic) bond motifs is 1. The number of rotatable bonds is 4. The Labute approximate surface area is 191 Å². The topological polar surface area (TPSA) is 23.8 Å². The molecule has 164 valence electrons. The smallest absolute Gasteiger partial charge is 0.137 e. The molecule has 32 heavy (non-hydrogen) atoms. The summed E-state index contributed by atoms with van der Waals surface area (Å²) in [5, 5.41) is 0. The van der Waals surface area contributed by atoms with Gasteiger partial charge in [0.15, 0.2) is 0 Å². The van der Waals surface area contributed by atoms with Gasteiger partial charge in [-0.2, -0.15) is 0 Å². The second-order valence-electron chi connectivity index (χ2n) is 9.07. The van der Waals surface area contributed by atoms with Gasteiger partial charge < -0.3 is 9.30 Å². The van der Waals surface area contributed by atoms with Gasteiger partial charge in [-0.25, -0.2) is 4.98 Å². The second-order valence-corrected chi connectivity index (χ2v) is 9.07. The molecule has 1 aliphatic heterocycles. The fourth-order valence-electron chi connectivity index (χ4n) is 4.59. The number of hydrogen-bond donors (Lipinski definition) is 0. The van der Waals surface area contributed by atoms with Crippen molar-refractivity contribution in [2.24, 2.45) is 0 Å². The zero-order valence-corrected chi connectivity index (χ0v) is 19.2. The van der Waals surface area contributed by atoms with E-state index in [0.717, 1.165) is 56.8 Å². The van der Waals surface area contributed by atoms with Crippen LogP contribution < -0.4 is 0 Å². The minimum absolute atomic E-state index is 0.879. The van der Waals surface area contributed by atoms with Crippen LogP contribution in [0.1, 0.15) is 36.1 Å². The Kier molecular flexibility index (Phi) is 5.71. The number of likely N-dealkylation sites (N-methyl/N-ethyl adjacent to an activating group) is 1. The minimum atomic E-state index is 0.879. The van der Waals surface area contributed by atoms with Crippen LogP contribution in [0.25, 0.3) is 22.5 Å². The SMILES string of the molecule is C=C1CCN(Cc2c(-c3ccc(C)cc3)nc3ccc(C4=CCCC=C4)cn23)CCN1C. The third-order valence-corrected chi connectivity index (χ3v) is 6.75. The molecule has 3 heterocycles. The lowest BCUT2D eigenvalue weighted by Crippen LogP contribution is -2.29. The van der Waals surface area contributed by atoms with Gasteiger partial charge in [-0.05, 0) is 49.5 Å². The number of aromatic nitrogens is 2. The van der Waals surface area contributed by atoms with Gasteiger partial charge in [-0.15, -0.1) is 0 Å². The lowest BCUT2D eigenvalue weighted by Gasteiger charge is -2.21. The maximum absolute atomic E-state index is 5.09. The Morgan fingerprint density at radius 3 is 2.56 bits per heavy atom. The van der Waals surface area contributed by atoms with Crippen LogP contribution in [0.3, 0.4) is 0 Å². The maximum Gasteiger partial charge on any atom is 0.137 e. The Balaban J connectivity index is 1.58. The summed E-state index contributed by atoms with van der Waals surface area (Å²) < 4.78 is 2.32. The van der Waals surface area contributed by atoms with Crippen LogP contribution >= 0.6 is 0 Å². The zero-order valence-electron chi connectivity index (χ0n) is 19.2. The van der Waals surface area contributed by atoms with E-state index in [-0.39, 0.29) is 0 Å². The van der Waals surface area contributed by atoms with Gasteiger partial charge in [0.2, 0.25) is 0 Å². The van der Waals surface area contributed by atoms with E-state index in [1.165, 1.54) is 33.7 Å². The summed E-state index contributed by atoms with van der Waals surface area (Å²) >= 11 is 0. The summed E-state index contributed by atoms with van der Waals surface area (Å²) in [7, 11) is 2.15. The summed E-state index contributed by atoms with van der Waals surface area (Å²) in [6.45, 7) is 10.3. The van der Waals surface area contributed by atoms with Crippen molar-refractivity contribution in [3.05, 3.63) is 89.9 Å². The van der Waals surface area contributed by atoms with Gasteiger partial charge in [0.25, 0.3) is 0 Å². The number of aryl methyl sites for hydroxylation is 1. The summed E-state index contributed by atoms with van der Waals surface area (Å²) in [6, 6.07) is 13.1. The number of allylic oxidation sites excluding steroid dienone is 4. The normalized spacial score (nSPS) is 17.6. The molecule has 5 rings (SSSR count). The number of benzene rings is 1. The number of nitrogens with zero attached hydrogens (tertiary/aromatic N) is 4. The van der Waals surface area contributed by atoms with Crippen molar-refractivity contribution >= 4 is 11.2 Å². The van der Waals surface area contributed by atoms with Gasteiger partial charge >= 0.3 is 0 Å². The van der Waals surface area contributed by atoms with Gasteiger partial charge in [0, 0.05) is 50.7 Å². The highest BCUT2D eigenvalue weighted by Crippen LogP contribution is 2.29. The van der Waals surface area contributed by atoms with Crippen LogP contribution in [0.4, 0.5) is 0 Å². The monoisotopic (exact) mass is 424 g/mol. The molecule has 1 aliphatic carbocycles. The summed E-state index contributed by atoms with van der Waals surface area (Å²) in [5.41, 5.74) is 9.61. The molecule has 0 N–H and O–H groups in total. The quantitative estimate of drug-likeness (QED) is 0.537. The summed E-state index contributed by atoms with van der Waals surface area (Å²) in [6.07, 6.45) is 12.4. The van der Waals surface area contributed by atoms with E-state index in [1.807, 2.05) is 0 Å².